The molecule has 34 heavy (non-hydrogen) atoms. The average molecular weight is 491 g/mol. The van der Waals surface area contributed by atoms with Crippen LogP contribution < -0.4 is 10.2 Å². The molecule has 3 fully saturated rings. The number of aromatic nitrogens is 1. The molecule has 7 nitrogen and oxygen atoms in total. The summed E-state index contributed by atoms with van der Waals surface area (Å²) >= 11 is 0. The molecule has 0 bridgehead atoms. The third-order valence-corrected chi connectivity index (χ3v) is 9.19. The smallest absolute Gasteiger partial charge is 0.259 e. The zero-order valence-electron chi connectivity index (χ0n) is 18.8. The molecule has 3 heterocycles. The molecule has 2 aliphatic heterocycles. The van der Waals surface area contributed by atoms with Gasteiger partial charge in [0.1, 0.15) is 5.82 Å². The Bertz CT molecular complexity index is 1180. The van der Waals surface area contributed by atoms with Gasteiger partial charge in [-0.25, -0.2) is 22.2 Å². The zero-order chi connectivity index (χ0) is 24.0. The number of amides is 1. The summed E-state index contributed by atoms with van der Waals surface area (Å²) in [6.45, 7) is 1.25. The van der Waals surface area contributed by atoms with E-state index in [4.69, 9.17) is 0 Å². The second-order valence-corrected chi connectivity index (χ2v) is 11.5. The van der Waals surface area contributed by atoms with Crippen LogP contribution in [0.3, 0.4) is 0 Å². The Morgan fingerprint density at radius 3 is 2.32 bits per heavy atom. The molecule has 5 rings (SSSR count). The fourth-order valence-corrected chi connectivity index (χ4v) is 6.32. The third-order valence-electron chi connectivity index (χ3n) is 7.30. The number of halogens is 2. The number of hydrogen-bond donors (Lipinski definition) is 1. The molecule has 1 amide bonds. The molecule has 1 aromatic heterocycles. The van der Waals surface area contributed by atoms with E-state index in [2.05, 4.69) is 15.2 Å². The lowest BCUT2D eigenvalue weighted by atomic mass is 9.93. The Morgan fingerprint density at radius 2 is 1.65 bits per heavy atom. The molecule has 2 saturated heterocycles. The van der Waals surface area contributed by atoms with E-state index in [0.717, 1.165) is 30.2 Å². The predicted molar refractivity (Wildman–Crippen MR) is 125 cm³/mol. The van der Waals surface area contributed by atoms with Gasteiger partial charge in [0.2, 0.25) is 10.0 Å². The largest absolute Gasteiger partial charge is 0.356 e. The summed E-state index contributed by atoms with van der Waals surface area (Å²) in [6.07, 6.45) is 5.46. The van der Waals surface area contributed by atoms with Crippen LogP contribution >= 0.6 is 0 Å². The van der Waals surface area contributed by atoms with Crippen molar-refractivity contribution in [3.8, 4) is 0 Å². The Balaban J connectivity index is 1.31. The molecule has 2 aromatic rings. The van der Waals surface area contributed by atoms with Crippen molar-refractivity contribution in [2.75, 3.05) is 36.4 Å². The molecule has 1 N–H and O–H groups in total. The number of carbonyl (C=O) groups excluding carboxylic acids is 1. The van der Waals surface area contributed by atoms with Crippen LogP contribution in [-0.4, -0.2) is 55.7 Å². The maximum atomic E-state index is 13.5. The van der Waals surface area contributed by atoms with E-state index in [1.807, 2.05) is 0 Å². The van der Waals surface area contributed by atoms with Gasteiger partial charge in [-0.1, -0.05) is 6.07 Å². The molecular weight excluding hydrogens is 462 g/mol. The van der Waals surface area contributed by atoms with Gasteiger partial charge in [-0.05, 0) is 61.4 Å². The topological polar surface area (TPSA) is 82.6 Å². The van der Waals surface area contributed by atoms with E-state index < -0.39 is 28.8 Å². The highest BCUT2D eigenvalue weighted by molar-refractivity contribution is 7.89. The number of rotatable bonds is 5. The normalized spacial score (nSPS) is 21.9. The minimum absolute atomic E-state index is 0.0345. The van der Waals surface area contributed by atoms with Gasteiger partial charge in [0.25, 0.3) is 11.8 Å². The van der Waals surface area contributed by atoms with Gasteiger partial charge in [-0.15, -0.1) is 0 Å². The van der Waals surface area contributed by atoms with Gasteiger partial charge in [-0.2, -0.15) is 4.31 Å². The molecule has 182 valence electrons. The number of benzene rings is 1. The fourth-order valence-electron chi connectivity index (χ4n) is 4.83. The first-order valence-corrected chi connectivity index (χ1v) is 13.1. The number of alkyl halides is 2. The summed E-state index contributed by atoms with van der Waals surface area (Å²) in [5.41, 5.74) is 1.25. The van der Waals surface area contributed by atoms with Crippen LogP contribution in [0.2, 0.25) is 0 Å². The lowest BCUT2D eigenvalue weighted by molar-refractivity contribution is -0.0412. The first-order valence-electron chi connectivity index (χ1n) is 11.7. The van der Waals surface area contributed by atoms with Crippen LogP contribution in [0.25, 0.3) is 0 Å². The van der Waals surface area contributed by atoms with Crippen molar-refractivity contribution in [2.24, 2.45) is 5.41 Å². The highest BCUT2D eigenvalue weighted by atomic mass is 32.2. The van der Waals surface area contributed by atoms with Crippen LogP contribution in [0.5, 0.6) is 0 Å². The maximum absolute atomic E-state index is 13.5. The van der Waals surface area contributed by atoms with Crippen molar-refractivity contribution in [1.82, 2.24) is 9.29 Å². The molecule has 0 unspecified atom stereocenters. The second-order valence-electron chi connectivity index (χ2n) is 9.60. The quantitative estimate of drug-likeness (QED) is 0.682. The first kappa shape index (κ1) is 23.2. The summed E-state index contributed by atoms with van der Waals surface area (Å²) in [5.74, 6) is -2.58. The van der Waals surface area contributed by atoms with Crippen LogP contribution in [0.4, 0.5) is 20.3 Å². The Kier molecular flexibility index (Phi) is 5.84. The Hall–Kier alpha value is -2.59. The summed E-state index contributed by atoms with van der Waals surface area (Å²) in [4.78, 5) is 19.7. The summed E-state index contributed by atoms with van der Waals surface area (Å²) in [5, 5.41) is 2.79. The van der Waals surface area contributed by atoms with Crippen molar-refractivity contribution in [3.63, 3.8) is 0 Å². The molecule has 1 spiro atoms. The van der Waals surface area contributed by atoms with Crippen LogP contribution in [-0.2, 0) is 10.0 Å². The van der Waals surface area contributed by atoms with Gasteiger partial charge in [0, 0.05) is 50.9 Å². The van der Waals surface area contributed by atoms with Crippen molar-refractivity contribution in [3.05, 3.63) is 48.2 Å². The number of nitrogens with zero attached hydrogens (tertiary/aromatic N) is 3. The van der Waals surface area contributed by atoms with Crippen LogP contribution in [0.15, 0.2) is 47.5 Å². The lowest BCUT2D eigenvalue weighted by Crippen LogP contribution is -2.42. The molecule has 3 aliphatic rings. The van der Waals surface area contributed by atoms with Gasteiger partial charge in [0.15, 0.2) is 0 Å². The van der Waals surface area contributed by atoms with Crippen molar-refractivity contribution >= 4 is 27.4 Å². The predicted octanol–water partition coefficient (Wildman–Crippen LogP) is 4.13. The maximum Gasteiger partial charge on any atom is 0.259 e. The number of anilines is 2. The third kappa shape index (κ3) is 4.65. The van der Waals surface area contributed by atoms with E-state index in [9.17, 15) is 22.0 Å². The second kappa shape index (κ2) is 8.57. The number of carbonyl (C=O) groups is 1. The summed E-state index contributed by atoms with van der Waals surface area (Å²) in [6, 6.07) is 9.34. The molecular formula is C24H28F2N4O3S. The van der Waals surface area contributed by atoms with E-state index in [-0.39, 0.29) is 23.9 Å². The number of sulfonamides is 1. The minimum atomic E-state index is -3.94. The number of hydrogen-bond acceptors (Lipinski definition) is 5. The Labute approximate surface area is 198 Å². The standard InChI is InChI=1S/C24H28F2N4O3S/c25-24(26)10-15-30(16-11-24)34(32,33)19-4-1-3-18(17-19)28-22(31)20-5-2-12-27-21(20)29-13-8-23(6-7-23)9-14-29/h1-5,12,17H,6-11,13-16H2,(H,28,31). The molecule has 1 aliphatic carbocycles. The zero-order valence-corrected chi connectivity index (χ0v) is 19.7. The lowest BCUT2D eigenvalue weighted by Gasteiger charge is -2.33. The minimum Gasteiger partial charge on any atom is -0.356 e. The van der Waals surface area contributed by atoms with E-state index in [0.29, 0.717) is 22.5 Å². The van der Waals surface area contributed by atoms with Gasteiger partial charge in [-0.3, -0.25) is 4.79 Å². The molecule has 10 heteroatoms. The van der Waals surface area contributed by atoms with Gasteiger partial charge < -0.3 is 10.2 Å². The fraction of sp³-hybridized carbons (Fsp3) is 0.500. The number of nitrogens with one attached hydrogen (secondary N) is 1. The first-order chi connectivity index (χ1) is 16.2. The molecule has 0 radical (unpaired) electrons. The highest BCUT2D eigenvalue weighted by Crippen LogP contribution is 2.53. The average Bonchev–Trinajstić information content (AvgIpc) is 3.58. The SMILES string of the molecule is O=C(Nc1cccc(S(=O)(=O)N2CCC(F)(F)CC2)c1)c1cccnc1N1CCC2(CC1)CC2. The highest BCUT2D eigenvalue weighted by Gasteiger charge is 2.45. The van der Waals surface area contributed by atoms with E-state index in [1.165, 1.54) is 31.0 Å². The Morgan fingerprint density at radius 1 is 0.941 bits per heavy atom. The van der Waals surface area contributed by atoms with Gasteiger partial charge in [0.05, 0.1) is 10.5 Å². The summed E-state index contributed by atoms with van der Waals surface area (Å²) < 4.78 is 54.0. The molecule has 1 aromatic carbocycles. The van der Waals surface area contributed by atoms with Crippen molar-refractivity contribution in [2.45, 2.75) is 49.3 Å². The van der Waals surface area contributed by atoms with Crippen molar-refractivity contribution < 1.29 is 22.0 Å². The van der Waals surface area contributed by atoms with Gasteiger partial charge >= 0.3 is 0 Å². The number of piperidine rings is 2. The van der Waals surface area contributed by atoms with Crippen molar-refractivity contribution in [1.29, 1.82) is 0 Å². The number of pyridine rings is 1. The van der Waals surface area contributed by atoms with Crippen LogP contribution in [0, 0.1) is 5.41 Å². The van der Waals surface area contributed by atoms with E-state index >= 15 is 0 Å². The monoisotopic (exact) mass is 490 g/mol. The molecule has 0 atom stereocenters. The summed E-state index contributed by atoms with van der Waals surface area (Å²) in [7, 11) is -3.94. The van der Waals surface area contributed by atoms with E-state index in [1.54, 1.807) is 24.4 Å². The molecule has 1 saturated carbocycles. The van der Waals surface area contributed by atoms with Crippen LogP contribution in [0.1, 0.15) is 48.9 Å².